The molecule has 4 aromatic heterocycles. The third kappa shape index (κ3) is 3.75. The van der Waals surface area contributed by atoms with Crippen LogP contribution in [0.3, 0.4) is 0 Å². The number of fused-ring (bicyclic) bond motifs is 2. The topological polar surface area (TPSA) is 140 Å². The van der Waals surface area contributed by atoms with Gasteiger partial charge in [0.25, 0.3) is 5.56 Å². The number of nitrogens with zero attached hydrogens (tertiary/aromatic N) is 7. The van der Waals surface area contributed by atoms with Crippen molar-refractivity contribution >= 4 is 22.5 Å². The fourth-order valence-corrected chi connectivity index (χ4v) is 5.48. The standard InChI is InChI=1S/C27H19ClFN9O2/c1-13-8-21(26-31-11-19(33-26)14-2-3-15-17(9-14)30-7-6-22(15)39)38-23(40)10-18(34-27(13)38)24-20(37-12-32-35-36-37)5-4-16(28)25(24)29/h2-7,9-13,21H,8H2,1H3,(H,30,39)(H,31,33)/t13-,21-/m0/s1. The number of nitrogens with one attached hydrogen (secondary N) is 2. The number of imidazole rings is 1. The fraction of sp³-hybridized carbons (Fsp3) is 0.148. The van der Waals surface area contributed by atoms with Gasteiger partial charge >= 0.3 is 0 Å². The summed E-state index contributed by atoms with van der Waals surface area (Å²) in [5.41, 5.74) is 2.36. The summed E-state index contributed by atoms with van der Waals surface area (Å²) >= 11 is 6.10. The monoisotopic (exact) mass is 555 g/mol. The molecule has 7 rings (SSSR count). The molecule has 0 saturated carbocycles. The second-order valence-electron chi connectivity index (χ2n) is 9.65. The number of hydrogen-bond donors (Lipinski definition) is 2. The molecule has 40 heavy (non-hydrogen) atoms. The Morgan fingerprint density at radius 1 is 1.12 bits per heavy atom. The predicted molar refractivity (Wildman–Crippen MR) is 145 cm³/mol. The van der Waals surface area contributed by atoms with Gasteiger partial charge in [-0.3, -0.25) is 14.2 Å². The van der Waals surface area contributed by atoms with Crippen molar-refractivity contribution < 1.29 is 4.39 Å². The molecule has 0 bridgehead atoms. The van der Waals surface area contributed by atoms with Crippen LogP contribution in [-0.2, 0) is 0 Å². The van der Waals surface area contributed by atoms with E-state index in [0.717, 1.165) is 11.3 Å². The molecule has 0 saturated heterocycles. The molecule has 5 heterocycles. The van der Waals surface area contributed by atoms with Gasteiger partial charge in [0.2, 0.25) is 0 Å². The van der Waals surface area contributed by atoms with Crippen LogP contribution in [0.1, 0.15) is 37.0 Å². The summed E-state index contributed by atoms with van der Waals surface area (Å²) in [6.45, 7) is 1.96. The summed E-state index contributed by atoms with van der Waals surface area (Å²) in [5.74, 6) is 0.273. The number of hydrogen-bond acceptors (Lipinski definition) is 7. The van der Waals surface area contributed by atoms with Crippen LogP contribution >= 0.6 is 11.6 Å². The van der Waals surface area contributed by atoms with Gasteiger partial charge in [0.05, 0.1) is 39.9 Å². The Balaban J connectivity index is 1.30. The molecule has 0 radical (unpaired) electrons. The van der Waals surface area contributed by atoms with Crippen LogP contribution in [-0.4, -0.2) is 44.7 Å². The highest BCUT2D eigenvalue weighted by molar-refractivity contribution is 6.31. The first-order valence-corrected chi connectivity index (χ1v) is 12.8. The van der Waals surface area contributed by atoms with Gasteiger partial charge in [-0.15, -0.1) is 5.10 Å². The number of rotatable bonds is 4. The molecule has 0 spiro atoms. The Labute approximate surface area is 229 Å². The summed E-state index contributed by atoms with van der Waals surface area (Å²) in [5, 5.41) is 11.6. The number of aromatic nitrogens is 9. The van der Waals surface area contributed by atoms with Crippen LogP contribution in [0.25, 0.3) is 39.1 Å². The minimum atomic E-state index is -0.721. The van der Waals surface area contributed by atoms with Crippen molar-refractivity contribution in [1.29, 1.82) is 0 Å². The van der Waals surface area contributed by atoms with E-state index in [0.29, 0.717) is 34.7 Å². The molecule has 198 valence electrons. The van der Waals surface area contributed by atoms with Crippen LogP contribution in [0.4, 0.5) is 4.39 Å². The first kappa shape index (κ1) is 24.1. The van der Waals surface area contributed by atoms with Crippen molar-refractivity contribution in [3.8, 4) is 28.2 Å². The molecule has 1 aliphatic rings. The number of pyridine rings is 1. The molecule has 0 unspecified atom stereocenters. The largest absolute Gasteiger partial charge is 0.361 e. The molecule has 0 aliphatic carbocycles. The summed E-state index contributed by atoms with van der Waals surface area (Å²) < 4.78 is 18.2. The molecule has 2 N–H and O–H groups in total. The van der Waals surface area contributed by atoms with E-state index in [2.05, 4.69) is 30.5 Å². The van der Waals surface area contributed by atoms with Crippen LogP contribution in [0.2, 0.25) is 5.02 Å². The first-order valence-electron chi connectivity index (χ1n) is 12.4. The fourth-order valence-electron chi connectivity index (χ4n) is 5.32. The van der Waals surface area contributed by atoms with E-state index in [4.69, 9.17) is 16.6 Å². The summed E-state index contributed by atoms with van der Waals surface area (Å²) in [7, 11) is 0. The lowest BCUT2D eigenvalue weighted by molar-refractivity contribution is 0.555. The summed E-state index contributed by atoms with van der Waals surface area (Å²) in [6, 6.07) is 10.9. The molecule has 2 atom stereocenters. The average Bonchev–Trinajstić information content (AvgIpc) is 3.71. The van der Waals surface area contributed by atoms with Gasteiger partial charge in [-0.05, 0) is 41.1 Å². The van der Waals surface area contributed by atoms with Crippen LogP contribution in [0, 0.1) is 5.82 Å². The Morgan fingerprint density at radius 2 is 2.00 bits per heavy atom. The van der Waals surface area contributed by atoms with Gasteiger partial charge in [-0.25, -0.2) is 14.4 Å². The van der Waals surface area contributed by atoms with E-state index >= 15 is 4.39 Å². The zero-order valence-corrected chi connectivity index (χ0v) is 21.6. The van der Waals surface area contributed by atoms with Gasteiger partial charge < -0.3 is 9.97 Å². The number of halogens is 2. The van der Waals surface area contributed by atoms with Crippen molar-refractivity contribution in [3.63, 3.8) is 0 Å². The van der Waals surface area contributed by atoms with Crippen LogP contribution in [0.5, 0.6) is 0 Å². The average molecular weight is 556 g/mol. The third-order valence-corrected chi connectivity index (χ3v) is 7.51. The Hall–Kier alpha value is -4.97. The van der Waals surface area contributed by atoms with E-state index < -0.39 is 11.9 Å². The first-order chi connectivity index (χ1) is 19.4. The predicted octanol–water partition coefficient (Wildman–Crippen LogP) is 4.01. The van der Waals surface area contributed by atoms with E-state index in [-0.39, 0.29) is 33.2 Å². The highest BCUT2D eigenvalue weighted by atomic mass is 35.5. The third-order valence-electron chi connectivity index (χ3n) is 7.21. The molecule has 6 aromatic rings. The number of H-pyrrole nitrogens is 2. The van der Waals surface area contributed by atoms with Crippen molar-refractivity contribution in [3.05, 3.63) is 104 Å². The normalized spacial score (nSPS) is 16.5. The second-order valence-corrected chi connectivity index (χ2v) is 10.1. The lowest BCUT2D eigenvalue weighted by Gasteiger charge is -2.15. The number of tetrazole rings is 1. The second kappa shape index (κ2) is 9.06. The quantitative estimate of drug-likeness (QED) is 0.335. The minimum Gasteiger partial charge on any atom is -0.361 e. The van der Waals surface area contributed by atoms with Gasteiger partial charge in [-0.2, -0.15) is 4.68 Å². The van der Waals surface area contributed by atoms with Crippen molar-refractivity contribution in [2.24, 2.45) is 0 Å². The van der Waals surface area contributed by atoms with Crippen molar-refractivity contribution in [1.82, 2.24) is 44.7 Å². The molecule has 13 heteroatoms. The SMILES string of the molecule is C[C@H]1C[C@@H](c2ncc(-c3ccc4c(=O)cc[nH]c4c3)[nH]2)n2c1nc(-c1c(-n3cnnn3)ccc(Cl)c1F)cc2=O. The lowest BCUT2D eigenvalue weighted by atomic mass is 10.1. The molecule has 11 nitrogen and oxygen atoms in total. The van der Waals surface area contributed by atoms with Gasteiger partial charge in [-0.1, -0.05) is 24.6 Å². The molecular formula is C27H19ClFN9O2. The molecule has 1 aliphatic heterocycles. The highest BCUT2D eigenvalue weighted by Crippen LogP contribution is 2.39. The minimum absolute atomic E-state index is 0.0329. The van der Waals surface area contributed by atoms with Crippen molar-refractivity contribution in [2.45, 2.75) is 25.3 Å². The van der Waals surface area contributed by atoms with E-state index in [1.807, 2.05) is 19.1 Å². The maximum absolute atomic E-state index is 15.3. The lowest BCUT2D eigenvalue weighted by Crippen LogP contribution is -2.25. The number of benzene rings is 2. The Morgan fingerprint density at radius 3 is 2.83 bits per heavy atom. The molecular weight excluding hydrogens is 537 g/mol. The smallest absolute Gasteiger partial charge is 0.254 e. The molecule has 0 fully saturated rings. The Bertz CT molecular complexity index is 2050. The maximum atomic E-state index is 15.3. The van der Waals surface area contributed by atoms with E-state index in [9.17, 15) is 9.59 Å². The maximum Gasteiger partial charge on any atom is 0.254 e. The van der Waals surface area contributed by atoms with Crippen LogP contribution in [0.15, 0.2) is 70.8 Å². The molecule has 2 aromatic carbocycles. The highest BCUT2D eigenvalue weighted by Gasteiger charge is 2.34. The zero-order valence-electron chi connectivity index (χ0n) is 20.8. The zero-order chi connectivity index (χ0) is 27.5. The van der Waals surface area contributed by atoms with E-state index in [1.165, 1.54) is 29.2 Å². The number of aromatic amines is 2. The van der Waals surface area contributed by atoms with E-state index in [1.54, 1.807) is 29.1 Å². The Kier molecular flexibility index (Phi) is 5.46. The van der Waals surface area contributed by atoms with Crippen LogP contribution < -0.4 is 11.0 Å². The van der Waals surface area contributed by atoms with Gasteiger partial charge in [0.1, 0.15) is 18.0 Å². The van der Waals surface area contributed by atoms with Crippen molar-refractivity contribution in [2.75, 3.05) is 0 Å². The summed E-state index contributed by atoms with van der Waals surface area (Å²) in [4.78, 5) is 41.4. The summed E-state index contributed by atoms with van der Waals surface area (Å²) in [6.07, 6.45) is 5.21. The van der Waals surface area contributed by atoms with Gasteiger partial charge in [0.15, 0.2) is 11.2 Å². The van der Waals surface area contributed by atoms with Gasteiger partial charge in [0, 0.05) is 40.7 Å². The molecule has 0 amide bonds.